The number of esters is 2. The summed E-state index contributed by atoms with van der Waals surface area (Å²) in [6.07, 6.45) is 97.1. The number of hydrogen-bond acceptors (Lipinski definition) is 8. The van der Waals surface area contributed by atoms with Crippen molar-refractivity contribution in [2.24, 2.45) is 0 Å². The number of unbranched alkanes of at least 4 members (excludes halogenated alkanes) is 58. The molecule has 0 aliphatic heterocycles. The zero-order chi connectivity index (χ0) is 67.6. The minimum absolute atomic E-state index is 0.0269. The maximum absolute atomic E-state index is 12.9. The Morgan fingerprint density at radius 3 is 0.860 bits per heavy atom. The first kappa shape index (κ1) is 91.2. The molecule has 0 aromatic carbocycles. The highest BCUT2D eigenvalue weighted by molar-refractivity contribution is 7.45. The number of carbonyl (C=O) groups is 2. The number of carbonyl (C=O) groups excluding carboxylic acids is 2. The maximum atomic E-state index is 12.9. The Balaban J connectivity index is 3.89. The van der Waals surface area contributed by atoms with Gasteiger partial charge in [0, 0.05) is 12.8 Å². The molecule has 0 aliphatic rings. The number of likely N-dealkylation sites (N-methyl/N-ethyl adjacent to an activating group) is 1. The van der Waals surface area contributed by atoms with Gasteiger partial charge in [-0.05, 0) is 51.4 Å². The van der Waals surface area contributed by atoms with Crippen molar-refractivity contribution >= 4 is 19.8 Å². The van der Waals surface area contributed by atoms with Crippen LogP contribution in [0, 0.1) is 0 Å². The number of ether oxygens (including phenoxy) is 2. The topological polar surface area (TPSA) is 111 Å². The van der Waals surface area contributed by atoms with E-state index < -0.39 is 26.5 Å². The Hall–Kier alpha value is -1.77. The van der Waals surface area contributed by atoms with E-state index >= 15 is 0 Å². The normalized spacial score (nSPS) is 13.1. The first-order chi connectivity index (χ1) is 45.5. The van der Waals surface area contributed by atoms with Gasteiger partial charge in [0.15, 0.2) is 6.10 Å². The lowest BCUT2D eigenvalue weighted by molar-refractivity contribution is -0.870. The fourth-order valence-corrected chi connectivity index (χ4v) is 13.3. The van der Waals surface area contributed by atoms with Crippen molar-refractivity contribution < 1.29 is 42.1 Å². The Morgan fingerprint density at radius 1 is 0.333 bits per heavy atom. The van der Waals surface area contributed by atoms with E-state index in [0.29, 0.717) is 17.4 Å². The second-order valence-corrected chi connectivity index (χ2v) is 30.9. The van der Waals surface area contributed by atoms with Gasteiger partial charge < -0.3 is 27.9 Å². The number of phosphoric ester groups is 1. The van der Waals surface area contributed by atoms with Crippen LogP contribution in [-0.2, 0) is 32.7 Å². The van der Waals surface area contributed by atoms with E-state index in [4.69, 9.17) is 18.5 Å². The molecule has 0 N–H and O–H groups in total. The van der Waals surface area contributed by atoms with Crippen LogP contribution in [0.4, 0.5) is 0 Å². The molecule has 0 heterocycles. The molecule has 0 aliphatic carbocycles. The number of hydrogen-bond donors (Lipinski definition) is 0. The summed E-state index contributed by atoms with van der Waals surface area (Å²) in [5, 5.41) is 0. The van der Waals surface area contributed by atoms with Gasteiger partial charge in [-0.25, -0.2) is 0 Å². The van der Waals surface area contributed by atoms with Crippen LogP contribution in [0.5, 0.6) is 0 Å². The lowest BCUT2D eigenvalue weighted by atomic mass is 10.0. The fraction of sp³-hybridized carbons (Fsp3) is 0.904. The van der Waals surface area contributed by atoms with Crippen LogP contribution in [0.1, 0.15) is 431 Å². The van der Waals surface area contributed by atoms with E-state index in [1.807, 2.05) is 21.1 Å². The summed E-state index contributed by atoms with van der Waals surface area (Å²) in [7, 11) is 1.19. The van der Waals surface area contributed by atoms with Gasteiger partial charge in [0.05, 0.1) is 27.7 Å². The molecule has 0 spiro atoms. The Labute approximate surface area is 580 Å². The van der Waals surface area contributed by atoms with Crippen molar-refractivity contribution in [3.8, 4) is 0 Å². The van der Waals surface area contributed by atoms with Gasteiger partial charge >= 0.3 is 11.9 Å². The summed E-state index contributed by atoms with van der Waals surface area (Å²) in [6, 6.07) is 0. The predicted molar refractivity (Wildman–Crippen MR) is 402 cm³/mol. The van der Waals surface area contributed by atoms with Gasteiger partial charge in [0.2, 0.25) is 0 Å². The summed E-state index contributed by atoms with van der Waals surface area (Å²) in [5.74, 6) is -0.805. The molecule has 0 fully saturated rings. The highest BCUT2D eigenvalue weighted by Crippen LogP contribution is 2.38. The molecule has 0 aromatic rings. The quantitative estimate of drug-likeness (QED) is 0.0195. The molecule has 0 bridgehead atoms. The summed E-state index contributed by atoms with van der Waals surface area (Å²) >= 11 is 0. The average molecular weight is 1330 g/mol. The SMILES string of the molecule is CCCCCCC/C=C\C/C=C\C/C=C\CCCCCCCCCCCCCCCCCCCCCCCCC(=O)OC(COC(=O)CCCCCCCCCCCCCCCCCCCCCCCCCCCCCCCCCC)COP(=O)([O-])OCC[N+](C)(C)C. The third kappa shape index (κ3) is 79.1. The molecular formula is C83H160NO8P. The molecule has 10 heteroatoms. The van der Waals surface area contributed by atoms with Crippen LogP contribution in [0.15, 0.2) is 36.5 Å². The summed E-state index contributed by atoms with van der Waals surface area (Å²) in [6.45, 7) is 4.32. The Bertz CT molecular complexity index is 1660. The molecule has 0 saturated heterocycles. The standard InChI is InChI=1S/C83H160NO8P/c1-6-8-10-12-14-16-18-20-22-24-26-28-30-32-34-36-38-40-41-42-43-44-46-48-50-52-54-56-58-60-62-64-66-68-70-72-74-76-83(86)92-81(80-91-93(87,88)90-78-77-84(3,4)5)79-89-82(85)75-73-71-69-67-65-63-61-59-57-55-53-51-49-47-45-39-37-35-33-31-29-27-25-23-21-19-17-15-13-11-9-7-2/h18,20,24,26,30,32,81H,6-17,19,21-23,25,27-29,31,33-80H2,1-5H3/b20-18-,26-24-,32-30-. The molecular weight excluding hydrogens is 1170 g/mol. The van der Waals surface area contributed by atoms with Crippen molar-refractivity contribution in [2.45, 2.75) is 437 Å². The van der Waals surface area contributed by atoms with Crippen LogP contribution < -0.4 is 4.89 Å². The zero-order valence-electron chi connectivity index (χ0n) is 63.0. The van der Waals surface area contributed by atoms with E-state index in [9.17, 15) is 19.0 Å². The Morgan fingerprint density at radius 2 is 0.581 bits per heavy atom. The molecule has 9 nitrogen and oxygen atoms in total. The monoisotopic (exact) mass is 1330 g/mol. The Kier molecular flexibility index (Phi) is 73.0. The molecule has 0 radical (unpaired) electrons. The maximum Gasteiger partial charge on any atom is 0.306 e. The van der Waals surface area contributed by atoms with E-state index in [2.05, 4.69) is 50.3 Å². The van der Waals surface area contributed by atoms with Crippen LogP contribution in [0.2, 0.25) is 0 Å². The molecule has 0 saturated carbocycles. The van der Waals surface area contributed by atoms with Crippen molar-refractivity contribution in [3.05, 3.63) is 36.5 Å². The molecule has 0 amide bonds. The third-order valence-corrected chi connectivity index (χ3v) is 19.9. The van der Waals surface area contributed by atoms with Crippen LogP contribution in [0.3, 0.4) is 0 Å². The number of nitrogens with zero attached hydrogens (tertiary/aromatic N) is 1. The minimum Gasteiger partial charge on any atom is -0.756 e. The summed E-state index contributed by atoms with van der Waals surface area (Å²) in [4.78, 5) is 38.2. The highest BCUT2D eigenvalue weighted by atomic mass is 31.2. The van der Waals surface area contributed by atoms with Crippen LogP contribution in [0.25, 0.3) is 0 Å². The van der Waals surface area contributed by atoms with E-state index in [1.54, 1.807) is 0 Å². The van der Waals surface area contributed by atoms with Crippen molar-refractivity contribution in [1.82, 2.24) is 0 Å². The molecule has 0 rings (SSSR count). The zero-order valence-corrected chi connectivity index (χ0v) is 63.9. The van der Waals surface area contributed by atoms with E-state index in [0.717, 1.165) is 44.9 Å². The second kappa shape index (κ2) is 74.5. The predicted octanol–water partition coefficient (Wildman–Crippen LogP) is 26.7. The fourth-order valence-electron chi connectivity index (χ4n) is 12.6. The highest BCUT2D eigenvalue weighted by Gasteiger charge is 2.22. The van der Waals surface area contributed by atoms with Crippen LogP contribution in [-0.4, -0.2) is 70.0 Å². The van der Waals surface area contributed by atoms with Gasteiger partial charge in [-0.2, -0.15) is 0 Å². The number of rotatable bonds is 78. The van der Waals surface area contributed by atoms with Crippen molar-refractivity contribution in [2.75, 3.05) is 47.5 Å². The lowest BCUT2D eigenvalue weighted by Crippen LogP contribution is -2.37. The molecule has 93 heavy (non-hydrogen) atoms. The van der Waals surface area contributed by atoms with E-state index in [-0.39, 0.29) is 32.0 Å². The molecule has 2 unspecified atom stereocenters. The number of phosphoric acid groups is 1. The first-order valence-corrected chi connectivity index (χ1v) is 42.7. The van der Waals surface area contributed by atoms with Gasteiger partial charge in [-0.1, -0.05) is 403 Å². The smallest absolute Gasteiger partial charge is 0.306 e. The van der Waals surface area contributed by atoms with Crippen molar-refractivity contribution in [1.29, 1.82) is 0 Å². The van der Waals surface area contributed by atoms with Gasteiger partial charge in [-0.3, -0.25) is 14.2 Å². The molecule has 550 valence electrons. The van der Waals surface area contributed by atoms with Crippen LogP contribution >= 0.6 is 7.82 Å². The van der Waals surface area contributed by atoms with Gasteiger partial charge in [0.1, 0.15) is 19.8 Å². The second-order valence-electron chi connectivity index (χ2n) is 29.5. The third-order valence-electron chi connectivity index (χ3n) is 18.9. The summed E-state index contributed by atoms with van der Waals surface area (Å²) < 4.78 is 34.4. The average Bonchev–Trinajstić information content (AvgIpc) is 2.27. The molecule has 0 aromatic heterocycles. The molecule has 2 atom stereocenters. The first-order valence-electron chi connectivity index (χ1n) is 41.2. The van der Waals surface area contributed by atoms with E-state index in [1.165, 1.54) is 353 Å². The van der Waals surface area contributed by atoms with Gasteiger partial charge in [-0.15, -0.1) is 0 Å². The summed E-state index contributed by atoms with van der Waals surface area (Å²) in [5.41, 5.74) is 0. The minimum atomic E-state index is -4.64. The van der Waals surface area contributed by atoms with Crippen molar-refractivity contribution in [3.63, 3.8) is 0 Å². The number of quaternary nitrogens is 1. The largest absolute Gasteiger partial charge is 0.756 e. The lowest BCUT2D eigenvalue weighted by Gasteiger charge is -2.28. The van der Waals surface area contributed by atoms with Gasteiger partial charge in [0.25, 0.3) is 7.82 Å². The number of allylic oxidation sites excluding steroid dienone is 6.